The molecular weight excluding hydrogens is 240 g/mol. The van der Waals surface area contributed by atoms with Crippen LogP contribution in [-0.2, 0) is 4.79 Å². The Morgan fingerprint density at radius 1 is 0.737 bits per heavy atom. The Bertz CT molecular complexity index is 171. The van der Waals surface area contributed by atoms with Crippen LogP contribution in [0.25, 0.3) is 0 Å². The second-order valence-corrected chi connectivity index (χ2v) is 4.68. The second-order valence-electron chi connectivity index (χ2n) is 4.68. The minimum absolute atomic E-state index is 0.0591. The molecule has 19 heavy (non-hydrogen) atoms. The molecule has 1 amide bonds. The number of hydrogen-bond acceptors (Lipinski definition) is 4. The van der Waals surface area contributed by atoms with Gasteiger partial charge in [-0.05, 0) is 45.3 Å². The summed E-state index contributed by atoms with van der Waals surface area (Å²) in [5.41, 5.74) is 15.9. The highest BCUT2D eigenvalue weighted by atomic mass is 16.1. The maximum Gasteiger partial charge on any atom is 0.216 e. The fourth-order valence-electron chi connectivity index (χ4n) is 1.53. The second kappa shape index (κ2) is 19.7. The van der Waals surface area contributed by atoms with Crippen LogP contribution in [-0.4, -0.2) is 32.1 Å². The van der Waals surface area contributed by atoms with Gasteiger partial charge in [0.15, 0.2) is 0 Å². The molecule has 0 rings (SSSR count). The fourth-order valence-corrected chi connectivity index (χ4v) is 1.53. The van der Waals surface area contributed by atoms with Crippen molar-refractivity contribution in [2.45, 2.75) is 58.3 Å². The maximum absolute atomic E-state index is 10.4. The summed E-state index contributed by atoms with van der Waals surface area (Å²) in [5.74, 6) is 0.0591. The van der Waals surface area contributed by atoms with Crippen LogP contribution in [0.2, 0.25) is 0 Å². The molecule has 0 aromatic carbocycles. The Balaban J connectivity index is 0. The van der Waals surface area contributed by atoms with E-state index in [9.17, 15) is 4.79 Å². The van der Waals surface area contributed by atoms with Gasteiger partial charge in [0.1, 0.15) is 0 Å². The maximum atomic E-state index is 10.4. The summed E-state index contributed by atoms with van der Waals surface area (Å²) in [7, 11) is 0. The average Bonchev–Trinajstić information content (AvgIpc) is 2.39. The van der Waals surface area contributed by atoms with Gasteiger partial charge in [-0.25, -0.2) is 0 Å². The van der Waals surface area contributed by atoms with Crippen molar-refractivity contribution in [1.29, 1.82) is 0 Å². The molecule has 0 aliphatic heterocycles. The lowest BCUT2D eigenvalue weighted by atomic mass is 10.2. The van der Waals surface area contributed by atoms with Gasteiger partial charge < -0.3 is 22.5 Å². The average molecular weight is 274 g/mol. The van der Waals surface area contributed by atoms with Crippen molar-refractivity contribution in [1.82, 2.24) is 5.32 Å². The highest BCUT2D eigenvalue weighted by Crippen LogP contribution is 1.96. The molecule has 5 heteroatoms. The summed E-state index contributed by atoms with van der Waals surface area (Å²) in [6, 6.07) is 0. The Morgan fingerprint density at radius 2 is 1.11 bits per heavy atom. The number of unbranched alkanes of at least 4 members (excludes halogenated alkanes) is 6. The van der Waals surface area contributed by atoms with Gasteiger partial charge in [0.05, 0.1) is 0 Å². The van der Waals surface area contributed by atoms with Gasteiger partial charge in [-0.2, -0.15) is 0 Å². The first-order valence-electron chi connectivity index (χ1n) is 7.53. The van der Waals surface area contributed by atoms with E-state index in [4.69, 9.17) is 17.2 Å². The SMILES string of the molecule is CC(=O)NCCCCCCN.NCCCCCCN. The van der Waals surface area contributed by atoms with Crippen molar-refractivity contribution >= 4 is 5.91 Å². The molecule has 0 heterocycles. The summed E-state index contributed by atoms with van der Waals surface area (Å²) in [4.78, 5) is 10.4. The Hall–Kier alpha value is -0.650. The van der Waals surface area contributed by atoms with Gasteiger partial charge in [0, 0.05) is 13.5 Å². The van der Waals surface area contributed by atoms with Gasteiger partial charge in [0.25, 0.3) is 0 Å². The van der Waals surface area contributed by atoms with Crippen molar-refractivity contribution in [2.24, 2.45) is 17.2 Å². The van der Waals surface area contributed by atoms with Crippen molar-refractivity contribution < 1.29 is 4.79 Å². The van der Waals surface area contributed by atoms with Crippen LogP contribution in [0.15, 0.2) is 0 Å². The van der Waals surface area contributed by atoms with Gasteiger partial charge >= 0.3 is 0 Å². The van der Waals surface area contributed by atoms with E-state index in [1.807, 2.05) is 0 Å². The molecule has 7 N–H and O–H groups in total. The number of rotatable bonds is 11. The minimum Gasteiger partial charge on any atom is -0.356 e. The third-order valence-corrected chi connectivity index (χ3v) is 2.66. The van der Waals surface area contributed by atoms with E-state index in [2.05, 4.69) is 5.32 Å². The minimum atomic E-state index is 0.0591. The fraction of sp³-hybridized carbons (Fsp3) is 0.929. The van der Waals surface area contributed by atoms with Crippen LogP contribution < -0.4 is 22.5 Å². The quantitative estimate of drug-likeness (QED) is 0.423. The number of nitrogens with one attached hydrogen (secondary N) is 1. The lowest BCUT2D eigenvalue weighted by Gasteiger charge is -2.00. The topological polar surface area (TPSA) is 107 Å². The van der Waals surface area contributed by atoms with E-state index >= 15 is 0 Å². The Labute approximate surface area is 118 Å². The zero-order chi connectivity index (χ0) is 14.8. The van der Waals surface area contributed by atoms with Crippen LogP contribution in [0.4, 0.5) is 0 Å². The van der Waals surface area contributed by atoms with Crippen molar-refractivity contribution in [3.8, 4) is 0 Å². The molecule has 0 spiro atoms. The number of hydrogen-bond donors (Lipinski definition) is 4. The molecule has 0 atom stereocenters. The van der Waals surface area contributed by atoms with Crippen LogP contribution in [0, 0.1) is 0 Å². The molecule has 0 saturated carbocycles. The Morgan fingerprint density at radius 3 is 1.42 bits per heavy atom. The first-order valence-corrected chi connectivity index (χ1v) is 7.53. The Kier molecular flexibility index (Phi) is 21.4. The third-order valence-electron chi connectivity index (χ3n) is 2.66. The van der Waals surface area contributed by atoms with E-state index in [0.717, 1.165) is 58.3 Å². The molecule has 0 fully saturated rings. The summed E-state index contributed by atoms with van der Waals surface area (Å²) in [5, 5.41) is 2.75. The van der Waals surface area contributed by atoms with Gasteiger partial charge in [-0.15, -0.1) is 0 Å². The molecule has 0 saturated heterocycles. The predicted molar refractivity (Wildman–Crippen MR) is 82.8 cm³/mol. The highest BCUT2D eigenvalue weighted by molar-refractivity contribution is 5.72. The van der Waals surface area contributed by atoms with Crippen molar-refractivity contribution in [3.05, 3.63) is 0 Å². The first kappa shape index (κ1) is 20.7. The summed E-state index contributed by atoms with van der Waals surface area (Å²) in [6.07, 6.45) is 9.30. The molecule has 0 aliphatic rings. The van der Waals surface area contributed by atoms with Crippen LogP contribution in [0.1, 0.15) is 58.3 Å². The zero-order valence-electron chi connectivity index (χ0n) is 12.6. The van der Waals surface area contributed by atoms with E-state index in [1.165, 1.54) is 19.3 Å². The molecule has 0 bridgehead atoms. The van der Waals surface area contributed by atoms with E-state index in [-0.39, 0.29) is 5.91 Å². The van der Waals surface area contributed by atoms with Gasteiger partial charge in [-0.3, -0.25) is 4.79 Å². The number of carbonyl (C=O) groups is 1. The third kappa shape index (κ3) is 26.8. The highest BCUT2D eigenvalue weighted by Gasteiger charge is 1.90. The molecular formula is C14H34N4O. The largest absolute Gasteiger partial charge is 0.356 e. The van der Waals surface area contributed by atoms with Crippen LogP contribution in [0.5, 0.6) is 0 Å². The monoisotopic (exact) mass is 274 g/mol. The number of nitrogens with two attached hydrogens (primary N) is 3. The molecule has 116 valence electrons. The molecule has 0 aromatic heterocycles. The van der Waals surface area contributed by atoms with Crippen molar-refractivity contribution in [2.75, 3.05) is 26.2 Å². The lowest BCUT2D eigenvalue weighted by Crippen LogP contribution is -2.20. The number of carbonyl (C=O) groups excluding carboxylic acids is 1. The predicted octanol–water partition coefficient (Wildman–Crippen LogP) is 1.11. The summed E-state index contributed by atoms with van der Waals surface area (Å²) >= 11 is 0. The van der Waals surface area contributed by atoms with Crippen LogP contribution in [0.3, 0.4) is 0 Å². The molecule has 5 nitrogen and oxygen atoms in total. The molecule has 0 aliphatic carbocycles. The van der Waals surface area contributed by atoms with E-state index in [1.54, 1.807) is 6.92 Å². The summed E-state index contributed by atoms with van der Waals surface area (Å²) < 4.78 is 0. The van der Waals surface area contributed by atoms with Crippen LogP contribution >= 0.6 is 0 Å². The van der Waals surface area contributed by atoms with E-state index < -0.39 is 0 Å². The van der Waals surface area contributed by atoms with Crippen molar-refractivity contribution in [3.63, 3.8) is 0 Å². The zero-order valence-corrected chi connectivity index (χ0v) is 12.6. The molecule has 0 aromatic rings. The summed E-state index contributed by atoms with van der Waals surface area (Å²) in [6.45, 7) is 4.77. The van der Waals surface area contributed by atoms with Gasteiger partial charge in [0.2, 0.25) is 5.91 Å². The van der Waals surface area contributed by atoms with E-state index in [0.29, 0.717) is 0 Å². The van der Waals surface area contributed by atoms with Gasteiger partial charge in [-0.1, -0.05) is 25.7 Å². The smallest absolute Gasteiger partial charge is 0.216 e. The molecule has 0 unspecified atom stereocenters. The normalized spacial score (nSPS) is 9.68. The first-order chi connectivity index (χ1) is 9.18. The lowest BCUT2D eigenvalue weighted by molar-refractivity contribution is -0.118. The molecule has 0 radical (unpaired) electrons. The number of amides is 1. The standard InChI is InChI=1S/C8H18N2O.C6H16N2/c1-8(11)10-7-5-3-2-4-6-9;7-5-3-1-2-4-6-8/h2-7,9H2,1H3,(H,10,11);1-8H2.